The molecule has 6 atom stereocenters. The van der Waals surface area contributed by atoms with E-state index >= 15 is 0 Å². The average molecular weight is 498 g/mol. The minimum Gasteiger partial charge on any atom is -0.384 e. The van der Waals surface area contributed by atoms with Crippen molar-refractivity contribution >= 4 is 10.8 Å². The topological polar surface area (TPSA) is 50.7 Å². The Bertz CT molecular complexity index is 1330. The summed E-state index contributed by atoms with van der Waals surface area (Å²) in [4.78, 5) is 0. The fourth-order valence-electron chi connectivity index (χ4n) is 9.33. The molecule has 0 amide bonds. The van der Waals surface area contributed by atoms with Crippen LogP contribution in [-0.2, 0) is 9.47 Å². The molecule has 2 bridgehead atoms. The fourth-order valence-corrected chi connectivity index (χ4v) is 9.33. The number of hydrogen-bond donors (Lipinski definition) is 2. The SMILES string of the molecule is C[C@]12CC=C3C=C4CC[C@@H](NCC5(O)COC5)C[C@]45CCC3(O5)[C@@H]1CCC2c1ccc2ccccc2c1. The van der Waals surface area contributed by atoms with Crippen molar-refractivity contribution in [3.8, 4) is 0 Å². The van der Waals surface area contributed by atoms with E-state index in [2.05, 4.69) is 66.9 Å². The Kier molecular flexibility index (Phi) is 4.83. The maximum atomic E-state index is 10.5. The molecule has 0 radical (unpaired) electrons. The van der Waals surface area contributed by atoms with Gasteiger partial charge >= 0.3 is 0 Å². The van der Waals surface area contributed by atoms with E-state index in [0.717, 1.165) is 38.5 Å². The largest absolute Gasteiger partial charge is 0.384 e. The van der Waals surface area contributed by atoms with Gasteiger partial charge in [-0.1, -0.05) is 61.5 Å². The van der Waals surface area contributed by atoms with E-state index < -0.39 is 5.60 Å². The van der Waals surface area contributed by atoms with E-state index in [1.807, 2.05) is 0 Å². The lowest BCUT2D eigenvalue weighted by molar-refractivity contribution is -0.177. The lowest BCUT2D eigenvalue weighted by Gasteiger charge is -2.54. The predicted molar refractivity (Wildman–Crippen MR) is 145 cm³/mol. The average Bonchev–Trinajstić information content (AvgIpc) is 3.41. The number of aliphatic hydroxyl groups is 1. The fraction of sp³-hybridized carbons (Fsp3) is 0.576. The highest BCUT2D eigenvalue weighted by atomic mass is 16.5. The molecule has 4 nitrogen and oxygen atoms in total. The third-order valence-corrected chi connectivity index (χ3v) is 11.3. The number of hydrogen-bond acceptors (Lipinski definition) is 4. The molecule has 2 aromatic carbocycles. The first-order valence-corrected chi connectivity index (χ1v) is 14.6. The van der Waals surface area contributed by atoms with Crippen molar-refractivity contribution in [3.63, 3.8) is 0 Å². The molecule has 0 aromatic heterocycles. The zero-order chi connectivity index (χ0) is 24.9. The molecule has 3 heterocycles. The third-order valence-electron chi connectivity index (χ3n) is 11.3. The predicted octanol–water partition coefficient (Wildman–Crippen LogP) is 5.80. The van der Waals surface area contributed by atoms with Crippen molar-refractivity contribution in [2.45, 2.75) is 87.1 Å². The van der Waals surface area contributed by atoms with Crippen LogP contribution in [0.5, 0.6) is 0 Å². The first-order valence-electron chi connectivity index (χ1n) is 14.6. The summed E-state index contributed by atoms with van der Waals surface area (Å²) in [5.74, 6) is 1.14. The van der Waals surface area contributed by atoms with Gasteiger partial charge in [0.2, 0.25) is 0 Å². The Morgan fingerprint density at radius 1 is 1.03 bits per heavy atom. The molecular weight excluding hydrogens is 458 g/mol. The number of benzene rings is 2. The van der Waals surface area contributed by atoms with E-state index in [4.69, 9.17) is 9.47 Å². The van der Waals surface area contributed by atoms with Crippen molar-refractivity contribution in [1.82, 2.24) is 5.32 Å². The van der Waals surface area contributed by atoms with Crippen LogP contribution in [0.25, 0.3) is 10.8 Å². The summed E-state index contributed by atoms with van der Waals surface area (Å²) in [6, 6.07) is 16.3. The monoisotopic (exact) mass is 497 g/mol. The Morgan fingerprint density at radius 3 is 2.73 bits per heavy atom. The minimum atomic E-state index is -0.680. The van der Waals surface area contributed by atoms with Crippen LogP contribution in [0.1, 0.15) is 69.8 Å². The van der Waals surface area contributed by atoms with Crippen molar-refractivity contribution in [2.75, 3.05) is 19.8 Å². The first kappa shape index (κ1) is 23.0. The highest BCUT2D eigenvalue weighted by molar-refractivity contribution is 5.83. The summed E-state index contributed by atoms with van der Waals surface area (Å²) in [7, 11) is 0. The van der Waals surface area contributed by atoms with Gasteiger partial charge in [0.05, 0.1) is 24.4 Å². The molecule has 8 rings (SSSR count). The molecule has 2 saturated carbocycles. The van der Waals surface area contributed by atoms with Crippen LogP contribution in [0.4, 0.5) is 0 Å². The molecule has 2 N–H and O–H groups in total. The summed E-state index contributed by atoms with van der Waals surface area (Å²) in [5, 5.41) is 16.9. The molecule has 2 saturated heterocycles. The molecular formula is C33H39NO3. The summed E-state index contributed by atoms with van der Waals surface area (Å²) < 4.78 is 12.7. The third kappa shape index (κ3) is 3.22. The van der Waals surface area contributed by atoms with E-state index in [-0.39, 0.29) is 16.6 Å². The van der Waals surface area contributed by atoms with E-state index in [1.54, 1.807) is 0 Å². The second kappa shape index (κ2) is 7.79. The highest BCUT2D eigenvalue weighted by Crippen LogP contribution is 2.69. The molecule has 2 aromatic rings. The maximum Gasteiger partial charge on any atom is 0.123 e. The van der Waals surface area contributed by atoms with Gasteiger partial charge in [-0.3, -0.25) is 0 Å². The quantitative estimate of drug-likeness (QED) is 0.561. The van der Waals surface area contributed by atoms with Gasteiger partial charge in [0.15, 0.2) is 0 Å². The number of rotatable bonds is 4. The normalized spacial score (nSPS) is 41.3. The number of fused-ring (bicyclic) bond motifs is 2. The Hall–Kier alpha value is -1.98. The van der Waals surface area contributed by atoms with Crippen LogP contribution in [0.15, 0.2) is 65.8 Å². The smallest absolute Gasteiger partial charge is 0.123 e. The zero-order valence-corrected chi connectivity index (χ0v) is 22.0. The summed E-state index contributed by atoms with van der Waals surface area (Å²) in [6.07, 6.45) is 14.3. The second-order valence-electron chi connectivity index (χ2n) is 13.4. The van der Waals surface area contributed by atoms with Crippen LogP contribution < -0.4 is 5.32 Å². The van der Waals surface area contributed by atoms with Crippen molar-refractivity contribution in [1.29, 1.82) is 0 Å². The summed E-state index contributed by atoms with van der Waals surface area (Å²) in [5.41, 5.74) is 3.84. The Balaban J connectivity index is 1.09. The number of allylic oxidation sites excluding steroid dienone is 1. The number of ether oxygens (including phenoxy) is 2. The lowest BCUT2D eigenvalue weighted by Crippen LogP contribution is -2.59. The zero-order valence-electron chi connectivity index (χ0n) is 22.0. The van der Waals surface area contributed by atoms with Crippen molar-refractivity contribution in [2.24, 2.45) is 11.3 Å². The Labute approximate surface area is 220 Å². The maximum absolute atomic E-state index is 10.5. The molecule has 4 fully saturated rings. The highest BCUT2D eigenvalue weighted by Gasteiger charge is 2.66. The molecule has 2 unspecified atom stereocenters. The van der Waals surface area contributed by atoms with Gasteiger partial charge in [-0.25, -0.2) is 0 Å². The molecule has 3 aliphatic heterocycles. The molecule has 4 heteroatoms. The number of nitrogens with one attached hydrogen (secondary N) is 1. The van der Waals surface area contributed by atoms with E-state index in [0.29, 0.717) is 37.6 Å². The summed E-state index contributed by atoms with van der Waals surface area (Å²) >= 11 is 0. The molecule has 6 aliphatic rings. The van der Waals surface area contributed by atoms with Gasteiger partial charge < -0.3 is 19.9 Å². The van der Waals surface area contributed by atoms with Gasteiger partial charge in [-0.2, -0.15) is 0 Å². The molecule has 2 spiro atoms. The van der Waals surface area contributed by atoms with E-state index in [1.165, 1.54) is 40.3 Å². The standard InChI is InChI=1S/C33H39NO3/c1-30-13-12-26-17-25-8-9-27(34-19-31(35)20-36-21-31)18-32(25)14-15-33(26,37-32)29(30)11-10-28(30)24-7-6-22-4-2-3-5-23(22)16-24/h2-7,12,16-17,27-29,34-35H,8-11,13-15,18-21H2,1H3/t27-,28?,29-,30-,32-,33?/m1/s1. The van der Waals surface area contributed by atoms with Crippen LogP contribution in [0.2, 0.25) is 0 Å². The van der Waals surface area contributed by atoms with Crippen LogP contribution in [-0.4, -0.2) is 47.7 Å². The van der Waals surface area contributed by atoms with Crippen LogP contribution in [0.3, 0.4) is 0 Å². The lowest BCUT2D eigenvalue weighted by atomic mass is 9.58. The van der Waals surface area contributed by atoms with Gasteiger partial charge in [0.25, 0.3) is 0 Å². The minimum absolute atomic E-state index is 0.120. The summed E-state index contributed by atoms with van der Waals surface area (Å²) in [6.45, 7) is 4.09. The van der Waals surface area contributed by atoms with Gasteiger partial charge in [0.1, 0.15) is 5.60 Å². The van der Waals surface area contributed by atoms with Crippen LogP contribution >= 0.6 is 0 Å². The first-order chi connectivity index (χ1) is 17.9. The van der Waals surface area contributed by atoms with Gasteiger partial charge in [-0.15, -0.1) is 0 Å². The molecule has 37 heavy (non-hydrogen) atoms. The van der Waals surface area contributed by atoms with Crippen molar-refractivity contribution in [3.05, 3.63) is 71.3 Å². The molecule has 194 valence electrons. The van der Waals surface area contributed by atoms with Gasteiger partial charge in [0, 0.05) is 12.6 Å². The second-order valence-corrected chi connectivity index (χ2v) is 13.4. The Morgan fingerprint density at radius 2 is 1.89 bits per heavy atom. The van der Waals surface area contributed by atoms with E-state index in [9.17, 15) is 5.11 Å². The van der Waals surface area contributed by atoms with Crippen molar-refractivity contribution < 1.29 is 14.6 Å². The van der Waals surface area contributed by atoms with Crippen LogP contribution in [0, 0.1) is 11.3 Å². The van der Waals surface area contributed by atoms with Gasteiger partial charge in [-0.05, 0) is 96.1 Å². The molecule has 3 aliphatic carbocycles.